The van der Waals surface area contributed by atoms with E-state index in [0.717, 1.165) is 18.0 Å². The summed E-state index contributed by atoms with van der Waals surface area (Å²) in [5.41, 5.74) is 8.92. The van der Waals surface area contributed by atoms with Crippen LogP contribution in [0.1, 0.15) is 48.8 Å². The molecule has 0 radical (unpaired) electrons. The molecule has 1 aromatic carbocycles. The SMILES string of the molecule is Cc1cc(C(=N)N)ccc1CN(C)CC1CCCCC1. The summed E-state index contributed by atoms with van der Waals surface area (Å²) in [5, 5.41) is 7.48. The van der Waals surface area contributed by atoms with E-state index in [0.29, 0.717) is 0 Å². The normalized spacial score (nSPS) is 16.6. The molecular formula is C17H27N3. The molecule has 1 saturated carbocycles. The molecule has 3 N–H and O–H groups in total. The van der Waals surface area contributed by atoms with Crippen molar-refractivity contribution in [1.29, 1.82) is 5.41 Å². The van der Waals surface area contributed by atoms with E-state index in [2.05, 4.69) is 24.9 Å². The average molecular weight is 273 g/mol. The highest BCUT2D eigenvalue weighted by Gasteiger charge is 2.15. The lowest BCUT2D eigenvalue weighted by molar-refractivity contribution is 0.228. The zero-order valence-electron chi connectivity index (χ0n) is 12.8. The first-order valence-corrected chi connectivity index (χ1v) is 7.68. The molecule has 20 heavy (non-hydrogen) atoms. The summed E-state index contributed by atoms with van der Waals surface area (Å²) in [5.74, 6) is 1.03. The van der Waals surface area contributed by atoms with Gasteiger partial charge in [0.2, 0.25) is 0 Å². The number of nitrogens with zero attached hydrogens (tertiary/aromatic N) is 1. The maximum absolute atomic E-state index is 7.48. The number of hydrogen-bond donors (Lipinski definition) is 2. The van der Waals surface area contributed by atoms with Gasteiger partial charge in [-0.05, 0) is 49.9 Å². The molecule has 0 amide bonds. The third-order valence-corrected chi connectivity index (χ3v) is 4.39. The molecule has 0 saturated heterocycles. The van der Waals surface area contributed by atoms with E-state index in [9.17, 15) is 0 Å². The highest BCUT2D eigenvalue weighted by atomic mass is 15.1. The van der Waals surface area contributed by atoms with Crippen LogP contribution in [0.4, 0.5) is 0 Å². The van der Waals surface area contributed by atoms with Gasteiger partial charge in [0.1, 0.15) is 5.84 Å². The summed E-state index contributed by atoms with van der Waals surface area (Å²) in [6.45, 7) is 4.30. The van der Waals surface area contributed by atoms with Crippen molar-refractivity contribution in [3.05, 3.63) is 34.9 Å². The molecule has 1 aliphatic carbocycles. The van der Waals surface area contributed by atoms with Crippen molar-refractivity contribution in [3.8, 4) is 0 Å². The fraction of sp³-hybridized carbons (Fsp3) is 0.588. The Kier molecular flexibility index (Phi) is 5.18. The maximum atomic E-state index is 7.48. The predicted octanol–water partition coefficient (Wildman–Crippen LogP) is 3.29. The van der Waals surface area contributed by atoms with E-state index < -0.39 is 0 Å². The Labute approximate surface area is 122 Å². The first-order valence-electron chi connectivity index (χ1n) is 7.68. The van der Waals surface area contributed by atoms with Crippen LogP contribution < -0.4 is 5.73 Å². The van der Waals surface area contributed by atoms with Crippen LogP contribution in [0.25, 0.3) is 0 Å². The number of nitrogen functional groups attached to an aromatic ring is 1. The highest BCUT2D eigenvalue weighted by Crippen LogP contribution is 2.24. The van der Waals surface area contributed by atoms with Gasteiger partial charge < -0.3 is 10.6 Å². The van der Waals surface area contributed by atoms with E-state index in [-0.39, 0.29) is 5.84 Å². The molecule has 0 aromatic heterocycles. The lowest BCUT2D eigenvalue weighted by Crippen LogP contribution is -2.27. The Morgan fingerprint density at radius 2 is 2.00 bits per heavy atom. The molecule has 0 heterocycles. The Bertz CT molecular complexity index is 461. The molecule has 3 nitrogen and oxygen atoms in total. The number of aryl methyl sites for hydroxylation is 1. The fourth-order valence-electron chi connectivity index (χ4n) is 3.21. The molecule has 0 atom stereocenters. The smallest absolute Gasteiger partial charge is 0.122 e. The zero-order chi connectivity index (χ0) is 14.5. The highest BCUT2D eigenvalue weighted by molar-refractivity contribution is 5.95. The Morgan fingerprint density at radius 1 is 1.30 bits per heavy atom. The molecule has 0 unspecified atom stereocenters. The van der Waals surface area contributed by atoms with Crippen LogP contribution in [0, 0.1) is 18.3 Å². The van der Waals surface area contributed by atoms with E-state index in [4.69, 9.17) is 11.1 Å². The minimum atomic E-state index is 0.148. The maximum Gasteiger partial charge on any atom is 0.122 e. The number of nitrogens with one attached hydrogen (secondary N) is 1. The van der Waals surface area contributed by atoms with Crippen molar-refractivity contribution in [1.82, 2.24) is 4.90 Å². The van der Waals surface area contributed by atoms with E-state index in [1.165, 1.54) is 49.8 Å². The molecule has 1 fully saturated rings. The monoisotopic (exact) mass is 273 g/mol. The summed E-state index contributed by atoms with van der Waals surface area (Å²) in [6.07, 6.45) is 7.03. The molecule has 0 aliphatic heterocycles. The third-order valence-electron chi connectivity index (χ3n) is 4.39. The van der Waals surface area contributed by atoms with Crippen LogP contribution in [0.15, 0.2) is 18.2 Å². The van der Waals surface area contributed by atoms with Crippen LogP contribution in [0.2, 0.25) is 0 Å². The van der Waals surface area contributed by atoms with Crippen molar-refractivity contribution in [3.63, 3.8) is 0 Å². The predicted molar refractivity (Wildman–Crippen MR) is 85.1 cm³/mol. The van der Waals surface area contributed by atoms with Crippen molar-refractivity contribution in [2.24, 2.45) is 11.7 Å². The van der Waals surface area contributed by atoms with Gasteiger partial charge in [0.15, 0.2) is 0 Å². The van der Waals surface area contributed by atoms with E-state index in [1.807, 2.05) is 12.1 Å². The molecule has 110 valence electrons. The van der Waals surface area contributed by atoms with Gasteiger partial charge in [0.05, 0.1) is 0 Å². The lowest BCUT2D eigenvalue weighted by Gasteiger charge is -2.27. The van der Waals surface area contributed by atoms with Gasteiger partial charge in [-0.25, -0.2) is 0 Å². The van der Waals surface area contributed by atoms with Crippen molar-refractivity contribution in [2.45, 2.75) is 45.6 Å². The van der Waals surface area contributed by atoms with Crippen LogP contribution >= 0.6 is 0 Å². The van der Waals surface area contributed by atoms with Crippen LogP contribution in [-0.2, 0) is 6.54 Å². The summed E-state index contributed by atoms with van der Waals surface area (Å²) in [4.78, 5) is 2.44. The number of rotatable bonds is 5. The van der Waals surface area contributed by atoms with Crippen molar-refractivity contribution < 1.29 is 0 Å². The van der Waals surface area contributed by atoms with E-state index in [1.54, 1.807) is 0 Å². The van der Waals surface area contributed by atoms with Gasteiger partial charge >= 0.3 is 0 Å². The topological polar surface area (TPSA) is 53.1 Å². The Hall–Kier alpha value is -1.35. The minimum absolute atomic E-state index is 0.148. The number of nitrogens with two attached hydrogens (primary N) is 1. The van der Waals surface area contributed by atoms with Crippen LogP contribution in [0.5, 0.6) is 0 Å². The average Bonchev–Trinajstić information content (AvgIpc) is 2.42. The van der Waals surface area contributed by atoms with Crippen molar-refractivity contribution in [2.75, 3.05) is 13.6 Å². The van der Waals surface area contributed by atoms with Gasteiger partial charge in [-0.15, -0.1) is 0 Å². The standard InChI is InChI=1S/C17H27N3/c1-13-10-15(17(18)19)8-9-16(13)12-20(2)11-14-6-4-3-5-7-14/h8-10,14H,3-7,11-12H2,1-2H3,(H3,18,19). The van der Waals surface area contributed by atoms with Gasteiger partial charge in [-0.3, -0.25) is 5.41 Å². The quantitative estimate of drug-likeness (QED) is 0.639. The fourth-order valence-corrected chi connectivity index (χ4v) is 3.21. The van der Waals surface area contributed by atoms with Crippen LogP contribution in [-0.4, -0.2) is 24.3 Å². The second-order valence-electron chi connectivity index (χ2n) is 6.26. The molecule has 0 spiro atoms. The molecule has 1 aliphatic rings. The first kappa shape index (κ1) is 15.0. The molecular weight excluding hydrogens is 246 g/mol. The second-order valence-corrected chi connectivity index (χ2v) is 6.26. The number of amidine groups is 1. The number of hydrogen-bond acceptors (Lipinski definition) is 2. The van der Waals surface area contributed by atoms with Gasteiger partial charge in [0.25, 0.3) is 0 Å². The van der Waals surface area contributed by atoms with Gasteiger partial charge in [-0.1, -0.05) is 31.4 Å². The zero-order valence-corrected chi connectivity index (χ0v) is 12.8. The lowest BCUT2D eigenvalue weighted by atomic mass is 9.89. The second kappa shape index (κ2) is 6.89. The van der Waals surface area contributed by atoms with Gasteiger partial charge in [-0.2, -0.15) is 0 Å². The molecule has 2 rings (SSSR count). The first-order chi connectivity index (χ1) is 9.56. The number of benzene rings is 1. The largest absolute Gasteiger partial charge is 0.384 e. The molecule has 1 aromatic rings. The summed E-state index contributed by atoms with van der Waals surface area (Å²) in [6, 6.07) is 6.09. The minimum Gasteiger partial charge on any atom is -0.384 e. The summed E-state index contributed by atoms with van der Waals surface area (Å²) < 4.78 is 0. The Morgan fingerprint density at radius 3 is 2.60 bits per heavy atom. The van der Waals surface area contributed by atoms with Gasteiger partial charge in [0, 0.05) is 18.7 Å². The summed E-state index contributed by atoms with van der Waals surface area (Å²) in [7, 11) is 2.22. The summed E-state index contributed by atoms with van der Waals surface area (Å²) >= 11 is 0. The Balaban J connectivity index is 1.93. The molecule has 0 bridgehead atoms. The van der Waals surface area contributed by atoms with E-state index >= 15 is 0 Å². The third kappa shape index (κ3) is 4.07. The molecule has 3 heteroatoms. The van der Waals surface area contributed by atoms with Crippen LogP contribution in [0.3, 0.4) is 0 Å². The van der Waals surface area contributed by atoms with Crippen molar-refractivity contribution >= 4 is 5.84 Å².